The number of aromatic nitrogens is 2. The van der Waals surface area contributed by atoms with Crippen molar-refractivity contribution in [2.45, 2.75) is 19.8 Å². The number of methoxy groups -OCH3 is 1. The monoisotopic (exact) mass is 624 g/mol. The molecule has 0 bridgehead atoms. The maximum absolute atomic E-state index is 13.3. The molecule has 12 heteroatoms. The molecule has 1 fully saturated rings. The van der Waals surface area contributed by atoms with Crippen LogP contribution >= 0.6 is 23.2 Å². The van der Waals surface area contributed by atoms with Crippen molar-refractivity contribution in [3.63, 3.8) is 0 Å². The molecule has 1 aliphatic heterocycles. The number of ether oxygens (including phenoxy) is 1. The molecule has 2 aromatic carbocycles. The van der Waals surface area contributed by atoms with Crippen LogP contribution in [0, 0.1) is 6.92 Å². The highest BCUT2D eigenvalue weighted by Crippen LogP contribution is 2.36. The summed E-state index contributed by atoms with van der Waals surface area (Å²) in [5.74, 6) is 0.0371. The summed E-state index contributed by atoms with van der Waals surface area (Å²) in [7, 11) is 5.14. The molecule has 0 radical (unpaired) electrons. The largest absolute Gasteiger partial charge is 0.495 e. The summed E-state index contributed by atoms with van der Waals surface area (Å²) in [5.41, 5.74) is 3.51. The number of halogens is 2. The second kappa shape index (κ2) is 14.0. The van der Waals surface area contributed by atoms with E-state index in [1.807, 2.05) is 18.9 Å². The first-order valence-electron chi connectivity index (χ1n) is 13.7. The summed E-state index contributed by atoms with van der Waals surface area (Å²) >= 11 is 13.0. The summed E-state index contributed by atoms with van der Waals surface area (Å²) in [5, 5.41) is 3.50. The van der Waals surface area contributed by atoms with Crippen molar-refractivity contribution >= 4 is 52.4 Å². The van der Waals surface area contributed by atoms with Crippen molar-refractivity contribution in [2.75, 3.05) is 57.6 Å². The molecular formula is C31H34Cl2N6O4. The van der Waals surface area contributed by atoms with Crippen LogP contribution in [0.4, 0.5) is 11.5 Å². The Labute approximate surface area is 261 Å². The zero-order chi connectivity index (χ0) is 31.3. The lowest BCUT2D eigenvalue weighted by molar-refractivity contribution is -0.117. The molecule has 1 aliphatic rings. The SMILES string of the molecule is C=CC(=O)Nc1cc(C(=O)N2CCN(C)CC2)ccc1Cc1cc(N(C)C(=O)Cc2c(Cl)c(C)cc(OC)c2Cl)ncn1. The summed E-state index contributed by atoms with van der Waals surface area (Å²) < 4.78 is 5.33. The number of nitrogens with one attached hydrogen (secondary N) is 1. The third kappa shape index (κ3) is 7.51. The maximum Gasteiger partial charge on any atom is 0.254 e. The summed E-state index contributed by atoms with van der Waals surface area (Å²) in [6.07, 6.45) is 2.79. The highest BCUT2D eigenvalue weighted by Gasteiger charge is 2.23. The van der Waals surface area contributed by atoms with E-state index in [4.69, 9.17) is 27.9 Å². The predicted molar refractivity (Wildman–Crippen MR) is 168 cm³/mol. The van der Waals surface area contributed by atoms with Gasteiger partial charge < -0.3 is 19.9 Å². The van der Waals surface area contributed by atoms with Crippen molar-refractivity contribution in [3.05, 3.63) is 87.3 Å². The number of piperazine rings is 1. The van der Waals surface area contributed by atoms with Gasteiger partial charge in [-0.25, -0.2) is 9.97 Å². The van der Waals surface area contributed by atoms with Crippen molar-refractivity contribution < 1.29 is 19.1 Å². The van der Waals surface area contributed by atoms with Crippen LogP contribution in [0.2, 0.25) is 10.0 Å². The van der Waals surface area contributed by atoms with E-state index in [1.54, 1.807) is 37.4 Å². The molecule has 0 saturated carbocycles. The van der Waals surface area contributed by atoms with E-state index in [2.05, 4.69) is 26.8 Å². The van der Waals surface area contributed by atoms with Gasteiger partial charge >= 0.3 is 0 Å². The van der Waals surface area contributed by atoms with Gasteiger partial charge in [-0.1, -0.05) is 35.8 Å². The number of likely N-dealkylation sites (N-methyl/N-ethyl adjacent to an activating group) is 2. The zero-order valence-electron chi connectivity index (χ0n) is 24.6. The van der Waals surface area contributed by atoms with Crippen LogP contribution in [0.15, 0.2) is 49.3 Å². The quantitative estimate of drug-likeness (QED) is 0.351. The van der Waals surface area contributed by atoms with Crippen LogP contribution in [0.1, 0.15) is 32.7 Å². The standard InChI is InChI=1S/C31H34Cl2N6O4/c1-6-27(40)36-24-15-21(31(42)39-11-9-37(3)10-12-39)8-7-20(24)14-22-16-26(35-18-34-22)38(4)28(41)17-23-29(32)19(2)13-25(43-5)30(23)33/h6-8,13,15-16,18H,1,9-12,14,17H2,2-5H3,(H,36,40). The van der Waals surface area contributed by atoms with Gasteiger partial charge in [-0.05, 0) is 49.4 Å². The van der Waals surface area contributed by atoms with Crippen LogP contribution in [0.25, 0.3) is 0 Å². The zero-order valence-corrected chi connectivity index (χ0v) is 26.1. The minimum absolute atomic E-state index is 0.0634. The molecule has 4 rings (SSSR count). The van der Waals surface area contributed by atoms with Gasteiger partial charge in [-0.3, -0.25) is 19.3 Å². The van der Waals surface area contributed by atoms with Crippen LogP contribution in [-0.2, 0) is 22.4 Å². The Morgan fingerprint density at radius 3 is 2.49 bits per heavy atom. The molecule has 43 heavy (non-hydrogen) atoms. The van der Waals surface area contributed by atoms with Crippen molar-refractivity contribution in [1.29, 1.82) is 0 Å². The van der Waals surface area contributed by atoms with E-state index in [0.717, 1.165) is 24.2 Å². The fourth-order valence-electron chi connectivity index (χ4n) is 4.72. The third-order valence-corrected chi connectivity index (χ3v) is 8.32. The number of anilines is 2. The number of amides is 3. The minimum atomic E-state index is -0.399. The van der Waals surface area contributed by atoms with E-state index in [-0.39, 0.29) is 23.3 Å². The van der Waals surface area contributed by atoms with Gasteiger partial charge in [0, 0.05) is 67.6 Å². The second-order valence-electron chi connectivity index (χ2n) is 10.3. The van der Waals surface area contributed by atoms with Crippen LogP contribution in [0.5, 0.6) is 5.75 Å². The topological polar surface area (TPSA) is 108 Å². The molecular weight excluding hydrogens is 591 g/mol. The molecule has 1 saturated heterocycles. The number of aryl methyl sites for hydroxylation is 1. The Morgan fingerprint density at radius 2 is 1.81 bits per heavy atom. The van der Waals surface area contributed by atoms with Crippen LogP contribution < -0.4 is 15.0 Å². The van der Waals surface area contributed by atoms with Gasteiger partial charge in [0.25, 0.3) is 5.91 Å². The van der Waals surface area contributed by atoms with Crippen LogP contribution in [0.3, 0.4) is 0 Å². The fraction of sp³-hybridized carbons (Fsp3) is 0.323. The first-order chi connectivity index (χ1) is 20.5. The molecule has 0 unspecified atom stereocenters. The number of rotatable bonds is 9. The van der Waals surface area contributed by atoms with Gasteiger partial charge in [-0.15, -0.1) is 0 Å². The molecule has 0 spiro atoms. The average Bonchev–Trinajstić information content (AvgIpc) is 3.01. The molecule has 3 aromatic rings. The van der Waals surface area contributed by atoms with E-state index in [9.17, 15) is 14.4 Å². The first kappa shape index (κ1) is 31.9. The molecule has 0 atom stereocenters. The van der Waals surface area contributed by atoms with E-state index < -0.39 is 5.91 Å². The lowest BCUT2D eigenvalue weighted by atomic mass is 10.0. The molecule has 1 N–H and O–H groups in total. The molecule has 10 nitrogen and oxygen atoms in total. The Hall–Kier alpha value is -3.99. The molecule has 0 aliphatic carbocycles. The highest BCUT2D eigenvalue weighted by molar-refractivity contribution is 6.37. The van der Waals surface area contributed by atoms with Gasteiger partial charge in [0.15, 0.2) is 0 Å². The van der Waals surface area contributed by atoms with Crippen molar-refractivity contribution in [1.82, 2.24) is 19.8 Å². The Morgan fingerprint density at radius 1 is 1.09 bits per heavy atom. The van der Waals surface area contributed by atoms with Gasteiger partial charge in [0.2, 0.25) is 11.8 Å². The third-order valence-electron chi connectivity index (χ3n) is 7.38. The van der Waals surface area contributed by atoms with Crippen molar-refractivity contribution in [3.8, 4) is 5.75 Å². The maximum atomic E-state index is 13.3. The number of carbonyl (C=O) groups excluding carboxylic acids is 3. The first-order valence-corrected chi connectivity index (χ1v) is 14.4. The number of carbonyl (C=O) groups is 3. The van der Waals surface area contributed by atoms with Gasteiger partial charge in [0.1, 0.15) is 17.9 Å². The number of nitrogens with zero attached hydrogens (tertiary/aromatic N) is 5. The summed E-state index contributed by atoms with van der Waals surface area (Å²) in [4.78, 5) is 52.8. The van der Waals surface area contributed by atoms with Gasteiger partial charge in [-0.2, -0.15) is 0 Å². The molecule has 3 amide bonds. The number of hydrogen-bond donors (Lipinski definition) is 1. The van der Waals surface area contributed by atoms with Crippen molar-refractivity contribution in [2.24, 2.45) is 0 Å². The summed E-state index contributed by atoms with van der Waals surface area (Å²) in [6, 6.07) is 8.65. The van der Waals surface area contributed by atoms with Gasteiger partial charge in [0.05, 0.1) is 24.2 Å². The predicted octanol–water partition coefficient (Wildman–Crippen LogP) is 4.41. The van der Waals surface area contributed by atoms with E-state index in [0.29, 0.717) is 58.6 Å². The minimum Gasteiger partial charge on any atom is -0.495 e. The molecule has 226 valence electrons. The highest BCUT2D eigenvalue weighted by atomic mass is 35.5. The van der Waals surface area contributed by atoms with E-state index >= 15 is 0 Å². The fourth-order valence-corrected chi connectivity index (χ4v) is 5.28. The number of hydrogen-bond acceptors (Lipinski definition) is 7. The Balaban J connectivity index is 1.56. The molecule has 1 aromatic heterocycles. The molecule has 2 heterocycles. The lowest BCUT2D eigenvalue weighted by Crippen LogP contribution is -2.47. The summed E-state index contributed by atoms with van der Waals surface area (Å²) in [6.45, 7) is 8.23. The second-order valence-corrected chi connectivity index (χ2v) is 11.1. The smallest absolute Gasteiger partial charge is 0.254 e. The Kier molecular flexibility index (Phi) is 10.4. The number of benzene rings is 2. The average molecular weight is 626 g/mol. The van der Waals surface area contributed by atoms with E-state index in [1.165, 1.54) is 24.4 Å². The Bertz CT molecular complexity index is 1560. The lowest BCUT2D eigenvalue weighted by Gasteiger charge is -2.32. The van der Waals surface area contributed by atoms with Crippen LogP contribution in [-0.4, -0.2) is 84.9 Å². The normalized spacial score (nSPS) is 13.4.